The summed E-state index contributed by atoms with van der Waals surface area (Å²) in [6.07, 6.45) is 0. The molecule has 2 aromatic rings. The predicted octanol–water partition coefficient (Wildman–Crippen LogP) is 3.59. The number of anilines is 1. The molecule has 0 aliphatic heterocycles. The van der Waals surface area contributed by atoms with E-state index < -0.39 is 21.2 Å². The topological polar surface area (TPSA) is 81.7 Å². The lowest BCUT2D eigenvalue weighted by Crippen LogP contribution is -2.24. The minimum absolute atomic E-state index is 0.113. The van der Waals surface area contributed by atoms with E-state index in [-0.39, 0.29) is 17.9 Å². The Labute approximate surface area is 154 Å². The second kappa shape index (κ2) is 8.71. The van der Waals surface area contributed by atoms with Crippen LogP contribution in [0.5, 0.6) is 5.75 Å². The lowest BCUT2D eigenvalue weighted by atomic mass is 10.1. The van der Waals surface area contributed by atoms with Crippen molar-refractivity contribution in [3.05, 3.63) is 59.7 Å². The fourth-order valence-corrected chi connectivity index (χ4v) is 2.81. The van der Waals surface area contributed by atoms with Gasteiger partial charge < -0.3 is 9.47 Å². The third-order valence-corrected chi connectivity index (χ3v) is 5.35. The van der Waals surface area contributed by atoms with Gasteiger partial charge in [-0.25, -0.2) is 13.2 Å². The van der Waals surface area contributed by atoms with Crippen molar-refractivity contribution in [2.24, 2.45) is 0 Å². The number of esters is 1. The van der Waals surface area contributed by atoms with Crippen LogP contribution >= 0.6 is 0 Å². The maximum absolute atomic E-state index is 12.2. The fourth-order valence-electron chi connectivity index (χ4n) is 2.09. The van der Waals surface area contributed by atoms with Crippen LogP contribution in [0.3, 0.4) is 0 Å². The van der Waals surface area contributed by atoms with E-state index in [1.165, 1.54) is 12.1 Å². The molecule has 2 aromatic carbocycles. The smallest absolute Gasteiger partial charge is 0.340 e. The zero-order valence-electron chi connectivity index (χ0n) is 15.1. The third kappa shape index (κ3) is 5.23. The summed E-state index contributed by atoms with van der Waals surface area (Å²) in [6, 6.07) is 14.2. The molecule has 1 N–H and O–H groups in total. The van der Waals surface area contributed by atoms with E-state index in [9.17, 15) is 13.2 Å². The molecule has 0 heterocycles. The summed E-state index contributed by atoms with van der Waals surface area (Å²) in [5, 5.41) is -0.633. The minimum atomic E-state index is -3.59. The Kier molecular flexibility index (Phi) is 6.63. The highest BCUT2D eigenvalue weighted by atomic mass is 32.2. The number of carbonyl (C=O) groups is 1. The van der Waals surface area contributed by atoms with E-state index in [0.29, 0.717) is 12.4 Å². The van der Waals surface area contributed by atoms with Crippen molar-refractivity contribution < 1.29 is 22.7 Å². The molecule has 6 nitrogen and oxygen atoms in total. The molecule has 140 valence electrons. The lowest BCUT2D eigenvalue weighted by Gasteiger charge is -2.15. The van der Waals surface area contributed by atoms with Gasteiger partial charge in [-0.2, -0.15) is 0 Å². The van der Waals surface area contributed by atoms with Crippen LogP contribution in [0.4, 0.5) is 5.69 Å². The molecular formula is C19H23NO5S. The Hall–Kier alpha value is -2.54. The maximum atomic E-state index is 12.2. The van der Waals surface area contributed by atoms with Crippen LogP contribution in [0, 0.1) is 0 Å². The highest BCUT2D eigenvalue weighted by molar-refractivity contribution is 7.93. The normalized spacial score (nSPS) is 11.2. The summed E-state index contributed by atoms with van der Waals surface area (Å²) in [6.45, 7) is 5.32. The summed E-state index contributed by atoms with van der Waals surface area (Å²) in [5.74, 6) is -0.163. The molecule has 0 aliphatic rings. The first-order valence-electron chi connectivity index (χ1n) is 8.33. The Bertz CT molecular complexity index is 847. The number of hydrogen-bond donors (Lipinski definition) is 1. The van der Waals surface area contributed by atoms with Gasteiger partial charge in [0.25, 0.3) is 0 Å². The summed E-state index contributed by atoms with van der Waals surface area (Å²) in [4.78, 5) is 12.2. The molecule has 0 aliphatic carbocycles. The van der Waals surface area contributed by atoms with Crippen molar-refractivity contribution in [3.63, 3.8) is 0 Å². The molecule has 0 atom stereocenters. The molecule has 0 amide bonds. The van der Waals surface area contributed by atoms with Gasteiger partial charge in [0.2, 0.25) is 10.0 Å². The van der Waals surface area contributed by atoms with Crippen molar-refractivity contribution in [1.29, 1.82) is 0 Å². The molecule has 0 spiro atoms. The second-order valence-corrected chi connectivity index (χ2v) is 8.13. The Morgan fingerprint density at radius 1 is 1.12 bits per heavy atom. The van der Waals surface area contributed by atoms with Crippen LogP contribution in [-0.2, 0) is 21.4 Å². The van der Waals surface area contributed by atoms with Gasteiger partial charge in [-0.3, -0.25) is 4.72 Å². The zero-order chi connectivity index (χ0) is 19.2. The summed E-state index contributed by atoms with van der Waals surface area (Å²) < 4.78 is 37.5. The number of hydrogen-bond acceptors (Lipinski definition) is 5. The molecule has 26 heavy (non-hydrogen) atoms. The summed E-state index contributed by atoms with van der Waals surface area (Å²) in [5.41, 5.74) is 1.26. The van der Waals surface area contributed by atoms with Crippen LogP contribution in [0.1, 0.15) is 36.7 Å². The second-order valence-electron chi connectivity index (χ2n) is 5.90. The van der Waals surface area contributed by atoms with Crippen molar-refractivity contribution >= 4 is 21.7 Å². The number of carbonyl (C=O) groups excluding carboxylic acids is 1. The largest absolute Gasteiger partial charge is 0.489 e. The third-order valence-electron chi connectivity index (χ3n) is 3.61. The molecule has 0 fully saturated rings. The van der Waals surface area contributed by atoms with Crippen LogP contribution < -0.4 is 9.46 Å². The van der Waals surface area contributed by atoms with E-state index in [1.807, 2.05) is 30.3 Å². The Morgan fingerprint density at radius 2 is 1.81 bits per heavy atom. The van der Waals surface area contributed by atoms with Crippen molar-refractivity contribution in [2.45, 2.75) is 32.6 Å². The molecule has 7 heteroatoms. The molecule has 0 saturated heterocycles. The molecule has 0 radical (unpaired) electrons. The zero-order valence-corrected chi connectivity index (χ0v) is 15.9. The van der Waals surface area contributed by atoms with Crippen LogP contribution in [-0.4, -0.2) is 26.2 Å². The monoisotopic (exact) mass is 377 g/mol. The molecule has 0 bridgehead atoms. The number of nitrogens with one attached hydrogen (secondary N) is 1. The molecule has 2 rings (SSSR count). The molecule has 0 unspecified atom stereocenters. The fraction of sp³-hybridized carbons (Fsp3) is 0.316. The van der Waals surface area contributed by atoms with Crippen LogP contribution in [0.25, 0.3) is 0 Å². The van der Waals surface area contributed by atoms with Crippen LogP contribution in [0.15, 0.2) is 48.5 Å². The summed E-state index contributed by atoms with van der Waals surface area (Å²) >= 11 is 0. The van der Waals surface area contributed by atoms with Crippen molar-refractivity contribution in [2.75, 3.05) is 11.3 Å². The van der Waals surface area contributed by atoms with E-state index in [2.05, 4.69) is 4.72 Å². The van der Waals surface area contributed by atoms with E-state index >= 15 is 0 Å². The van der Waals surface area contributed by atoms with Crippen molar-refractivity contribution in [1.82, 2.24) is 0 Å². The Morgan fingerprint density at radius 3 is 2.42 bits per heavy atom. The van der Waals surface area contributed by atoms with Gasteiger partial charge in [-0.05, 0) is 44.5 Å². The lowest BCUT2D eigenvalue weighted by molar-refractivity contribution is 0.0527. The average Bonchev–Trinajstić information content (AvgIpc) is 2.61. The van der Waals surface area contributed by atoms with Gasteiger partial charge in [-0.15, -0.1) is 0 Å². The van der Waals surface area contributed by atoms with Gasteiger partial charge in [0.1, 0.15) is 12.4 Å². The van der Waals surface area contributed by atoms with Gasteiger partial charge in [-0.1, -0.05) is 30.3 Å². The first-order valence-corrected chi connectivity index (χ1v) is 9.87. The van der Waals surface area contributed by atoms with Gasteiger partial charge in [0, 0.05) is 0 Å². The quantitative estimate of drug-likeness (QED) is 0.711. The van der Waals surface area contributed by atoms with Gasteiger partial charge in [0.15, 0.2) is 0 Å². The number of rotatable bonds is 8. The first-order chi connectivity index (χ1) is 12.3. The summed E-state index contributed by atoms with van der Waals surface area (Å²) in [7, 11) is -3.59. The van der Waals surface area contributed by atoms with Crippen LogP contribution in [0.2, 0.25) is 0 Å². The SMILES string of the molecule is CCOC(=O)c1cc(OCc2ccccc2)ccc1NS(=O)(=O)C(C)C. The predicted molar refractivity (Wildman–Crippen MR) is 101 cm³/mol. The maximum Gasteiger partial charge on any atom is 0.340 e. The standard InChI is InChI=1S/C19H23NO5S/c1-4-24-19(21)17-12-16(25-13-15-8-6-5-7-9-15)10-11-18(17)20-26(22,23)14(2)3/h5-12,14,20H,4,13H2,1-3H3. The number of benzene rings is 2. The number of sulfonamides is 1. The van der Waals surface area contributed by atoms with E-state index in [1.54, 1.807) is 26.8 Å². The first kappa shape index (κ1) is 19.8. The molecule has 0 saturated carbocycles. The van der Waals surface area contributed by atoms with E-state index in [0.717, 1.165) is 5.56 Å². The van der Waals surface area contributed by atoms with Gasteiger partial charge in [0.05, 0.1) is 23.1 Å². The van der Waals surface area contributed by atoms with E-state index in [4.69, 9.17) is 9.47 Å². The van der Waals surface area contributed by atoms with Gasteiger partial charge >= 0.3 is 5.97 Å². The Balaban J connectivity index is 2.27. The minimum Gasteiger partial charge on any atom is -0.489 e. The molecular weight excluding hydrogens is 354 g/mol. The molecule has 0 aromatic heterocycles. The average molecular weight is 377 g/mol. The van der Waals surface area contributed by atoms with Crippen molar-refractivity contribution in [3.8, 4) is 5.75 Å². The highest BCUT2D eigenvalue weighted by Gasteiger charge is 2.21. The number of ether oxygens (including phenoxy) is 2. The highest BCUT2D eigenvalue weighted by Crippen LogP contribution is 2.25.